The second-order valence-electron chi connectivity index (χ2n) is 4.38. The second-order valence-corrected chi connectivity index (χ2v) is 5.15. The van der Waals surface area contributed by atoms with Crippen LogP contribution in [0, 0.1) is 13.8 Å². The van der Waals surface area contributed by atoms with Crippen molar-refractivity contribution in [2.45, 2.75) is 25.4 Å². The maximum atomic E-state index is 11.9. The van der Waals surface area contributed by atoms with Crippen molar-refractivity contribution in [2.75, 3.05) is 12.8 Å². The first-order valence-corrected chi connectivity index (χ1v) is 7.49. The van der Waals surface area contributed by atoms with E-state index >= 15 is 0 Å². The van der Waals surface area contributed by atoms with Crippen LogP contribution < -0.4 is 5.32 Å². The number of amides is 1. The van der Waals surface area contributed by atoms with Gasteiger partial charge in [0.05, 0.1) is 11.3 Å². The molecule has 0 saturated carbocycles. The van der Waals surface area contributed by atoms with E-state index in [-0.39, 0.29) is 5.91 Å². The van der Waals surface area contributed by atoms with E-state index in [2.05, 4.69) is 25.5 Å². The first kappa shape index (κ1) is 14.5. The zero-order valence-electron chi connectivity index (χ0n) is 11.7. The fourth-order valence-corrected chi connectivity index (χ4v) is 2.20. The van der Waals surface area contributed by atoms with Crippen molar-refractivity contribution in [3.05, 3.63) is 34.9 Å². The topological polar surface area (TPSA) is 83.6 Å². The van der Waals surface area contributed by atoms with Gasteiger partial charge in [-0.2, -0.15) is 5.10 Å². The fraction of sp³-hybridized carbons (Fsp3) is 0.385. The maximum absolute atomic E-state index is 11.9. The number of aromatic nitrogens is 4. The quantitative estimate of drug-likeness (QED) is 0.644. The summed E-state index contributed by atoms with van der Waals surface area (Å²) in [5.41, 5.74) is 3.65. The van der Waals surface area contributed by atoms with Gasteiger partial charge in [-0.05, 0) is 32.1 Å². The zero-order valence-corrected chi connectivity index (χ0v) is 12.5. The third kappa shape index (κ3) is 3.36. The standard InChI is InChI=1S/C13H17N5OS/c1-8-11(9(2)18-17-8)4-5-14-12(19)10-6-15-13(20-3)16-7-10/h6-7H,4-5H2,1-3H3,(H,14,19)(H,17,18). The summed E-state index contributed by atoms with van der Waals surface area (Å²) in [5, 5.41) is 10.6. The predicted octanol–water partition coefficient (Wildman–Crippen LogP) is 1.51. The van der Waals surface area contributed by atoms with Crippen molar-refractivity contribution in [1.29, 1.82) is 0 Å². The van der Waals surface area contributed by atoms with Crippen LogP contribution in [0.4, 0.5) is 0 Å². The molecule has 2 rings (SSSR count). The zero-order chi connectivity index (χ0) is 14.5. The molecule has 0 bridgehead atoms. The number of hydrogen-bond donors (Lipinski definition) is 2. The number of aromatic amines is 1. The minimum Gasteiger partial charge on any atom is -0.352 e. The molecule has 106 valence electrons. The lowest BCUT2D eigenvalue weighted by molar-refractivity contribution is 0.0953. The number of carbonyl (C=O) groups is 1. The molecule has 0 fully saturated rings. The van der Waals surface area contributed by atoms with Gasteiger partial charge in [-0.1, -0.05) is 11.8 Å². The van der Waals surface area contributed by atoms with Crippen molar-refractivity contribution >= 4 is 17.7 Å². The molecule has 0 atom stereocenters. The number of carbonyl (C=O) groups excluding carboxylic acids is 1. The molecular weight excluding hydrogens is 274 g/mol. The SMILES string of the molecule is CSc1ncc(C(=O)NCCc2c(C)n[nH]c2C)cn1. The maximum Gasteiger partial charge on any atom is 0.254 e. The van der Waals surface area contributed by atoms with Crippen LogP contribution >= 0.6 is 11.8 Å². The molecule has 20 heavy (non-hydrogen) atoms. The lowest BCUT2D eigenvalue weighted by Gasteiger charge is -2.05. The molecule has 0 radical (unpaired) electrons. The Morgan fingerprint density at radius 1 is 1.35 bits per heavy atom. The molecule has 2 heterocycles. The minimum atomic E-state index is -0.156. The summed E-state index contributed by atoms with van der Waals surface area (Å²) in [6.45, 7) is 4.49. The smallest absolute Gasteiger partial charge is 0.254 e. The lowest BCUT2D eigenvalue weighted by atomic mass is 10.1. The summed E-state index contributed by atoms with van der Waals surface area (Å²) < 4.78 is 0. The molecule has 1 amide bonds. The summed E-state index contributed by atoms with van der Waals surface area (Å²) in [4.78, 5) is 20.1. The molecule has 0 aliphatic heterocycles. The first-order valence-electron chi connectivity index (χ1n) is 6.26. The average Bonchev–Trinajstić information content (AvgIpc) is 2.79. The molecule has 0 unspecified atom stereocenters. The van der Waals surface area contributed by atoms with Gasteiger partial charge < -0.3 is 5.32 Å². The Morgan fingerprint density at radius 3 is 2.60 bits per heavy atom. The van der Waals surface area contributed by atoms with Gasteiger partial charge in [0.25, 0.3) is 5.91 Å². The van der Waals surface area contributed by atoms with E-state index in [1.807, 2.05) is 20.1 Å². The van der Waals surface area contributed by atoms with Crippen molar-refractivity contribution in [1.82, 2.24) is 25.5 Å². The van der Waals surface area contributed by atoms with E-state index in [9.17, 15) is 4.79 Å². The van der Waals surface area contributed by atoms with E-state index < -0.39 is 0 Å². The Labute approximate surface area is 121 Å². The first-order chi connectivity index (χ1) is 9.61. The highest BCUT2D eigenvalue weighted by Gasteiger charge is 2.09. The van der Waals surface area contributed by atoms with E-state index in [4.69, 9.17) is 0 Å². The van der Waals surface area contributed by atoms with Gasteiger partial charge in [-0.25, -0.2) is 9.97 Å². The molecule has 0 aliphatic rings. The summed E-state index contributed by atoms with van der Waals surface area (Å²) in [6.07, 6.45) is 5.74. The number of thioether (sulfide) groups is 1. The third-order valence-corrected chi connectivity index (χ3v) is 3.59. The second kappa shape index (κ2) is 6.51. The third-order valence-electron chi connectivity index (χ3n) is 3.01. The molecule has 2 aromatic rings. The van der Waals surface area contributed by atoms with Crippen LogP contribution in [0.3, 0.4) is 0 Å². The Hall–Kier alpha value is -1.89. The van der Waals surface area contributed by atoms with Crippen LogP contribution in [-0.2, 0) is 6.42 Å². The van der Waals surface area contributed by atoms with E-state index in [1.165, 1.54) is 11.8 Å². The van der Waals surface area contributed by atoms with Crippen LogP contribution in [0.1, 0.15) is 27.3 Å². The van der Waals surface area contributed by atoms with Crippen LogP contribution in [0.25, 0.3) is 0 Å². The average molecular weight is 291 g/mol. The summed E-state index contributed by atoms with van der Waals surface area (Å²) >= 11 is 1.44. The number of nitrogens with one attached hydrogen (secondary N) is 2. The van der Waals surface area contributed by atoms with Gasteiger partial charge in [0.1, 0.15) is 0 Å². The van der Waals surface area contributed by atoms with Crippen LogP contribution in [0.2, 0.25) is 0 Å². The van der Waals surface area contributed by atoms with E-state index in [1.54, 1.807) is 12.4 Å². The molecular formula is C13H17N5OS. The van der Waals surface area contributed by atoms with Gasteiger partial charge >= 0.3 is 0 Å². The Bertz CT molecular complexity index is 574. The Morgan fingerprint density at radius 2 is 2.05 bits per heavy atom. The highest BCUT2D eigenvalue weighted by Crippen LogP contribution is 2.09. The molecule has 7 heteroatoms. The van der Waals surface area contributed by atoms with Gasteiger partial charge in [-0.3, -0.25) is 9.89 Å². The molecule has 2 aromatic heterocycles. The number of nitrogens with zero attached hydrogens (tertiary/aromatic N) is 3. The summed E-state index contributed by atoms with van der Waals surface area (Å²) in [5.74, 6) is -0.156. The van der Waals surface area contributed by atoms with Crippen LogP contribution in [-0.4, -0.2) is 38.9 Å². The molecule has 0 spiro atoms. The largest absolute Gasteiger partial charge is 0.352 e. The van der Waals surface area contributed by atoms with Crippen LogP contribution in [0.15, 0.2) is 17.6 Å². The lowest BCUT2D eigenvalue weighted by Crippen LogP contribution is -2.26. The Balaban J connectivity index is 1.89. The van der Waals surface area contributed by atoms with Crippen molar-refractivity contribution in [2.24, 2.45) is 0 Å². The predicted molar refractivity (Wildman–Crippen MR) is 77.9 cm³/mol. The van der Waals surface area contributed by atoms with Gasteiger partial charge in [0, 0.05) is 24.6 Å². The van der Waals surface area contributed by atoms with Gasteiger partial charge in [-0.15, -0.1) is 0 Å². The van der Waals surface area contributed by atoms with E-state index in [0.717, 1.165) is 23.4 Å². The normalized spacial score (nSPS) is 10.6. The number of aryl methyl sites for hydroxylation is 2. The molecule has 0 saturated heterocycles. The van der Waals surface area contributed by atoms with Crippen molar-refractivity contribution < 1.29 is 4.79 Å². The minimum absolute atomic E-state index is 0.156. The molecule has 0 aromatic carbocycles. The van der Waals surface area contributed by atoms with Gasteiger partial charge in [0.15, 0.2) is 5.16 Å². The number of hydrogen-bond acceptors (Lipinski definition) is 5. The summed E-state index contributed by atoms with van der Waals surface area (Å²) in [7, 11) is 0. The molecule has 6 nitrogen and oxygen atoms in total. The monoisotopic (exact) mass is 291 g/mol. The van der Waals surface area contributed by atoms with Crippen LogP contribution in [0.5, 0.6) is 0 Å². The molecule has 0 aliphatic carbocycles. The number of rotatable bonds is 5. The molecule has 2 N–H and O–H groups in total. The highest BCUT2D eigenvalue weighted by molar-refractivity contribution is 7.98. The Kier molecular flexibility index (Phi) is 4.73. The van der Waals surface area contributed by atoms with Crippen molar-refractivity contribution in [3.63, 3.8) is 0 Å². The van der Waals surface area contributed by atoms with Gasteiger partial charge in [0.2, 0.25) is 0 Å². The fourth-order valence-electron chi connectivity index (χ4n) is 1.88. The number of H-pyrrole nitrogens is 1. The van der Waals surface area contributed by atoms with Crippen molar-refractivity contribution in [3.8, 4) is 0 Å². The van der Waals surface area contributed by atoms with E-state index in [0.29, 0.717) is 17.3 Å². The summed E-state index contributed by atoms with van der Waals surface area (Å²) in [6, 6.07) is 0. The highest BCUT2D eigenvalue weighted by atomic mass is 32.2.